The number of hydrogen-bond acceptors (Lipinski definition) is 0. The first-order valence-electron chi connectivity index (χ1n) is 9.15. The quantitative estimate of drug-likeness (QED) is 0.385. The Balaban J connectivity index is 2.34. The molecule has 0 aliphatic rings. The molecule has 1 heteroatoms. The van der Waals surface area contributed by atoms with Crippen molar-refractivity contribution in [2.75, 3.05) is 0 Å². The van der Waals surface area contributed by atoms with Crippen molar-refractivity contribution in [3.63, 3.8) is 0 Å². The fourth-order valence-corrected chi connectivity index (χ4v) is 7.20. The van der Waals surface area contributed by atoms with Gasteiger partial charge in [0, 0.05) is 14.7 Å². The van der Waals surface area contributed by atoms with Crippen LogP contribution in [0.3, 0.4) is 0 Å². The SMILES string of the molecule is C=C(C)/C=C\C=C(/C)S(c1ccccc1)(c1ccccc1)c1ccccc1. The van der Waals surface area contributed by atoms with Crippen molar-refractivity contribution in [2.24, 2.45) is 0 Å². The van der Waals surface area contributed by atoms with E-state index in [2.05, 4.69) is 123 Å². The van der Waals surface area contributed by atoms with Crippen molar-refractivity contribution in [3.05, 3.63) is 126 Å². The van der Waals surface area contributed by atoms with Crippen LogP contribution in [0.1, 0.15) is 13.8 Å². The Morgan fingerprint density at radius 3 is 1.37 bits per heavy atom. The van der Waals surface area contributed by atoms with Crippen molar-refractivity contribution in [1.29, 1.82) is 0 Å². The smallest absolute Gasteiger partial charge is 0.00199 e. The summed E-state index contributed by atoms with van der Waals surface area (Å²) in [5, 5.41) is 0. The van der Waals surface area contributed by atoms with Crippen LogP contribution in [0.5, 0.6) is 0 Å². The standard InChI is InChI=1S/C26H26S/c1-22(2)14-13-15-23(3)27(24-16-7-4-8-17-24,25-18-9-5-10-19-25)26-20-11-6-12-21-26/h4-21H,1H2,2-3H3/b14-13-,23-15+. The molecule has 0 radical (unpaired) electrons. The summed E-state index contributed by atoms with van der Waals surface area (Å²) >= 11 is 0. The average molecular weight is 371 g/mol. The third-order valence-electron chi connectivity index (χ3n) is 4.48. The van der Waals surface area contributed by atoms with E-state index in [0.717, 1.165) is 5.57 Å². The van der Waals surface area contributed by atoms with E-state index >= 15 is 0 Å². The molecule has 0 N–H and O–H groups in total. The third kappa shape index (κ3) is 3.99. The molecule has 0 atom stereocenters. The van der Waals surface area contributed by atoms with E-state index < -0.39 is 10.0 Å². The van der Waals surface area contributed by atoms with E-state index in [1.807, 2.05) is 6.92 Å². The van der Waals surface area contributed by atoms with Crippen LogP contribution >= 0.6 is 10.0 Å². The van der Waals surface area contributed by atoms with Crippen molar-refractivity contribution in [3.8, 4) is 0 Å². The van der Waals surface area contributed by atoms with Crippen LogP contribution in [0.4, 0.5) is 0 Å². The summed E-state index contributed by atoms with van der Waals surface area (Å²) in [6, 6.07) is 32.6. The van der Waals surface area contributed by atoms with Gasteiger partial charge in [0.05, 0.1) is 0 Å². The van der Waals surface area contributed by atoms with Crippen molar-refractivity contribution in [2.45, 2.75) is 28.5 Å². The molecule has 3 aromatic carbocycles. The molecule has 3 rings (SSSR count). The minimum absolute atomic E-state index is 1.05. The topological polar surface area (TPSA) is 0 Å². The van der Waals surface area contributed by atoms with Gasteiger partial charge in [-0.15, -0.1) is 10.0 Å². The van der Waals surface area contributed by atoms with E-state index in [9.17, 15) is 0 Å². The second kappa shape index (κ2) is 8.75. The van der Waals surface area contributed by atoms with Crippen LogP contribution in [-0.4, -0.2) is 0 Å². The molecule has 0 bridgehead atoms. The van der Waals surface area contributed by atoms with Gasteiger partial charge in [0.1, 0.15) is 0 Å². The maximum atomic E-state index is 3.98. The van der Waals surface area contributed by atoms with Crippen LogP contribution in [-0.2, 0) is 0 Å². The van der Waals surface area contributed by atoms with Crippen LogP contribution in [0.25, 0.3) is 0 Å². The molecular formula is C26H26S. The van der Waals surface area contributed by atoms with Gasteiger partial charge >= 0.3 is 0 Å². The Morgan fingerprint density at radius 2 is 1.04 bits per heavy atom. The molecule has 3 aromatic rings. The van der Waals surface area contributed by atoms with Gasteiger partial charge in [0.25, 0.3) is 0 Å². The van der Waals surface area contributed by atoms with Crippen LogP contribution in [0, 0.1) is 0 Å². The molecule has 136 valence electrons. The highest BCUT2D eigenvalue weighted by molar-refractivity contribution is 8.36. The third-order valence-corrected chi connectivity index (χ3v) is 8.52. The van der Waals surface area contributed by atoms with Crippen LogP contribution in [0.2, 0.25) is 0 Å². The summed E-state index contributed by atoms with van der Waals surface area (Å²) in [4.78, 5) is 5.39. The van der Waals surface area contributed by atoms with E-state index in [4.69, 9.17) is 0 Å². The lowest BCUT2D eigenvalue weighted by atomic mass is 10.3. The Kier molecular flexibility index (Phi) is 6.16. The molecule has 0 saturated heterocycles. The van der Waals surface area contributed by atoms with Gasteiger partial charge in [-0.05, 0) is 55.2 Å². The molecule has 0 aromatic heterocycles. The largest absolute Gasteiger partial charge is 0.137 e. The predicted molar refractivity (Wildman–Crippen MR) is 119 cm³/mol. The predicted octanol–water partition coefficient (Wildman–Crippen LogP) is 8.00. The Bertz CT molecular complexity index is 839. The van der Waals surface area contributed by atoms with Gasteiger partial charge in [-0.2, -0.15) is 0 Å². The highest BCUT2D eigenvalue weighted by atomic mass is 32.3. The van der Waals surface area contributed by atoms with Crippen molar-refractivity contribution < 1.29 is 0 Å². The number of hydrogen-bond donors (Lipinski definition) is 0. The molecule has 0 fully saturated rings. The maximum absolute atomic E-state index is 3.98. The van der Waals surface area contributed by atoms with E-state index in [1.165, 1.54) is 19.6 Å². The number of allylic oxidation sites excluding steroid dienone is 5. The van der Waals surface area contributed by atoms with Crippen molar-refractivity contribution >= 4 is 10.0 Å². The lowest BCUT2D eigenvalue weighted by Gasteiger charge is -2.42. The maximum Gasteiger partial charge on any atom is 0.00199 e. The normalized spacial score (nSPS) is 12.9. The van der Waals surface area contributed by atoms with E-state index in [1.54, 1.807) is 0 Å². The van der Waals surface area contributed by atoms with Crippen LogP contribution < -0.4 is 0 Å². The summed E-state index contributed by atoms with van der Waals surface area (Å²) in [6.07, 6.45) is 6.43. The minimum atomic E-state index is -1.53. The lowest BCUT2D eigenvalue weighted by Crippen LogP contribution is -2.05. The second-order valence-electron chi connectivity index (χ2n) is 6.53. The summed E-state index contributed by atoms with van der Waals surface area (Å²) in [6.45, 7) is 8.25. The van der Waals surface area contributed by atoms with Gasteiger partial charge in [-0.25, -0.2) is 0 Å². The molecule has 27 heavy (non-hydrogen) atoms. The second-order valence-corrected chi connectivity index (χ2v) is 9.82. The van der Waals surface area contributed by atoms with E-state index in [-0.39, 0.29) is 0 Å². The Morgan fingerprint density at radius 1 is 0.667 bits per heavy atom. The number of benzene rings is 3. The highest BCUT2D eigenvalue weighted by Crippen LogP contribution is 2.73. The zero-order valence-electron chi connectivity index (χ0n) is 16.0. The van der Waals surface area contributed by atoms with Crippen LogP contribution in [0.15, 0.2) is 141 Å². The molecular weight excluding hydrogens is 344 g/mol. The Labute approximate surface area is 164 Å². The molecule has 0 amide bonds. The molecule has 0 heterocycles. The van der Waals surface area contributed by atoms with Crippen molar-refractivity contribution in [1.82, 2.24) is 0 Å². The summed E-state index contributed by atoms with van der Waals surface area (Å²) in [7, 11) is -1.53. The zero-order chi connectivity index (χ0) is 19.1. The summed E-state index contributed by atoms with van der Waals surface area (Å²) in [5.41, 5.74) is 1.05. The van der Waals surface area contributed by atoms with Gasteiger partial charge < -0.3 is 0 Å². The first kappa shape index (κ1) is 19.0. The number of rotatable bonds is 6. The fourth-order valence-electron chi connectivity index (χ4n) is 3.29. The fraction of sp³-hybridized carbons (Fsp3) is 0.0769. The summed E-state index contributed by atoms with van der Waals surface area (Å²) in [5.74, 6) is 0. The average Bonchev–Trinajstić information content (AvgIpc) is 2.71. The van der Waals surface area contributed by atoms with Gasteiger partial charge in [-0.1, -0.05) is 85.0 Å². The minimum Gasteiger partial charge on any atom is -0.137 e. The molecule has 0 saturated carbocycles. The monoisotopic (exact) mass is 370 g/mol. The summed E-state index contributed by atoms with van der Waals surface area (Å²) < 4.78 is 0. The molecule has 0 aliphatic carbocycles. The molecule has 0 unspecified atom stereocenters. The van der Waals surface area contributed by atoms with Gasteiger partial charge in [-0.3, -0.25) is 0 Å². The lowest BCUT2D eigenvalue weighted by molar-refractivity contribution is 1.28. The first-order chi connectivity index (χ1) is 13.2. The van der Waals surface area contributed by atoms with Gasteiger partial charge in [0.15, 0.2) is 0 Å². The zero-order valence-corrected chi connectivity index (χ0v) is 16.8. The molecule has 0 aliphatic heterocycles. The first-order valence-corrected chi connectivity index (χ1v) is 10.8. The molecule has 0 nitrogen and oxygen atoms in total. The highest BCUT2D eigenvalue weighted by Gasteiger charge is 2.32. The van der Waals surface area contributed by atoms with E-state index in [0.29, 0.717) is 0 Å². The van der Waals surface area contributed by atoms with Gasteiger partial charge in [0.2, 0.25) is 0 Å². The molecule has 0 spiro atoms. The Hall–Kier alpha value is -2.77.